The van der Waals surface area contributed by atoms with E-state index < -0.39 is 51.8 Å². The van der Waals surface area contributed by atoms with Gasteiger partial charge in [0, 0.05) is 35.0 Å². The maximum atomic E-state index is 15.1. The zero-order valence-electron chi connectivity index (χ0n) is 17.1. The van der Waals surface area contributed by atoms with Gasteiger partial charge in [0.05, 0.1) is 16.5 Å². The number of nitrogens with zero attached hydrogens (tertiary/aromatic N) is 2. The van der Waals surface area contributed by atoms with Crippen molar-refractivity contribution in [3.05, 3.63) is 53.2 Å². The van der Waals surface area contributed by atoms with Crippen LogP contribution in [0.3, 0.4) is 0 Å². The summed E-state index contributed by atoms with van der Waals surface area (Å²) in [5.74, 6) is -2.10. The Kier molecular flexibility index (Phi) is 5.51. The molecule has 5 rings (SSSR count). The van der Waals surface area contributed by atoms with Gasteiger partial charge in [-0.25, -0.2) is 27.1 Å². The molecule has 33 heavy (non-hydrogen) atoms. The monoisotopic (exact) mass is 487 g/mol. The Labute approximate surface area is 187 Å². The lowest BCUT2D eigenvalue weighted by molar-refractivity contribution is -0.137. The molecular formula is C22H19F6N3OS. The van der Waals surface area contributed by atoms with E-state index in [0.29, 0.717) is 17.0 Å². The first kappa shape index (κ1) is 22.4. The Morgan fingerprint density at radius 1 is 1.15 bits per heavy atom. The number of alkyl halides is 4. The van der Waals surface area contributed by atoms with E-state index in [9.17, 15) is 26.2 Å². The van der Waals surface area contributed by atoms with E-state index in [-0.39, 0.29) is 36.3 Å². The highest BCUT2D eigenvalue weighted by Crippen LogP contribution is 2.41. The molecule has 0 radical (unpaired) electrons. The van der Waals surface area contributed by atoms with Crippen LogP contribution >= 0.6 is 0 Å². The summed E-state index contributed by atoms with van der Waals surface area (Å²) in [5.41, 5.74) is -1.71. The van der Waals surface area contributed by atoms with E-state index in [1.165, 1.54) is 0 Å². The second-order valence-electron chi connectivity index (χ2n) is 8.48. The fourth-order valence-electron chi connectivity index (χ4n) is 4.07. The summed E-state index contributed by atoms with van der Waals surface area (Å²) < 4.78 is 99.4. The van der Waals surface area contributed by atoms with Crippen LogP contribution < -0.4 is 4.72 Å². The van der Waals surface area contributed by atoms with E-state index in [4.69, 9.17) is 0 Å². The van der Waals surface area contributed by atoms with Crippen molar-refractivity contribution in [1.29, 1.82) is 0 Å². The molecule has 1 N–H and O–H groups in total. The lowest BCUT2D eigenvalue weighted by atomic mass is 9.90. The Morgan fingerprint density at radius 2 is 1.88 bits per heavy atom. The topological polar surface area (TPSA) is 46.9 Å². The summed E-state index contributed by atoms with van der Waals surface area (Å²) in [5, 5.41) is 0.424. The van der Waals surface area contributed by atoms with E-state index in [0.717, 1.165) is 31.0 Å². The fourth-order valence-corrected chi connectivity index (χ4v) is 5.17. The molecule has 2 aromatic heterocycles. The maximum Gasteiger partial charge on any atom is 0.417 e. The van der Waals surface area contributed by atoms with Crippen LogP contribution in [0.5, 0.6) is 0 Å². The zero-order valence-corrected chi connectivity index (χ0v) is 17.9. The number of hydrogen-bond acceptors (Lipinski definition) is 2. The van der Waals surface area contributed by atoms with Gasteiger partial charge < -0.3 is 4.57 Å². The van der Waals surface area contributed by atoms with Gasteiger partial charge >= 0.3 is 6.18 Å². The standard InChI is InChI=1S/C22H19F6N3OS/c23-12-1-4-16(18(7-12)22(26,27)28)20-19(25)8-17-11(9-29-33(32)15-2-3-15)10-31(21(17)30-20)14-5-13(24)6-14/h1,4,7-8,10,13-15,29H,2-3,5-6,9H2. The van der Waals surface area contributed by atoms with Gasteiger partial charge in [-0.05, 0) is 55.5 Å². The first-order valence-corrected chi connectivity index (χ1v) is 11.7. The molecule has 2 heterocycles. The number of aromatic nitrogens is 2. The highest BCUT2D eigenvalue weighted by Gasteiger charge is 2.36. The van der Waals surface area contributed by atoms with Gasteiger partial charge in [-0.2, -0.15) is 13.2 Å². The molecule has 4 nitrogen and oxygen atoms in total. The van der Waals surface area contributed by atoms with Crippen LogP contribution in [-0.4, -0.2) is 25.2 Å². The largest absolute Gasteiger partial charge is 0.417 e. The zero-order chi connectivity index (χ0) is 23.5. The van der Waals surface area contributed by atoms with Gasteiger partial charge in [0.2, 0.25) is 0 Å². The normalized spacial score (nSPS) is 21.9. The van der Waals surface area contributed by atoms with Crippen LogP contribution in [0.4, 0.5) is 26.3 Å². The van der Waals surface area contributed by atoms with Crippen LogP contribution in [0.25, 0.3) is 22.3 Å². The molecule has 3 aromatic rings. The lowest BCUT2D eigenvalue weighted by Gasteiger charge is -2.31. The molecule has 1 unspecified atom stereocenters. The molecular weight excluding hydrogens is 468 g/mol. The second-order valence-corrected chi connectivity index (χ2v) is 10.0. The van der Waals surface area contributed by atoms with Crippen molar-refractivity contribution in [1.82, 2.24) is 14.3 Å². The number of rotatable bonds is 6. The molecule has 11 heteroatoms. The van der Waals surface area contributed by atoms with E-state index in [2.05, 4.69) is 9.71 Å². The van der Waals surface area contributed by atoms with E-state index in [1.807, 2.05) is 0 Å². The van der Waals surface area contributed by atoms with Crippen molar-refractivity contribution in [3.63, 3.8) is 0 Å². The molecule has 1 aromatic carbocycles. The molecule has 1 atom stereocenters. The molecule has 0 spiro atoms. The van der Waals surface area contributed by atoms with Gasteiger partial charge in [0.15, 0.2) is 0 Å². The van der Waals surface area contributed by atoms with Crippen molar-refractivity contribution in [2.24, 2.45) is 0 Å². The van der Waals surface area contributed by atoms with E-state index >= 15 is 4.39 Å². The summed E-state index contributed by atoms with van der Waals surface area (Å²) in [4.78, 5) is 4.21. The third-order valence-electron chi connectivity index (χ3n) is 6.06. The number of hydrogen-bond donors (Lipinski definition) is 1. The average Bonchev–Trinajstić information content (AvgIpc) is 3.52. The first-order valence-electron chi connectivity index (χ1n) is 10.5. The number of halogens is 6. The third kappa shape index (κ3) is 4.28. The second kappa shape index (κ2) is 8.12. The molecule has 176 valence electrons. The molecule has 0 amide bonds. The summed E-state index contributed by atoms with van der Waals surface area (Å²) >= 11 is 0. The van der Waals surface area contributed by atoms with Crippen LogP contribution in [0.1, 0.15) is 42.9 Å². The molecule has 0 aliphatic heterocycles. The third-order valence-corrected chi connectivity index (χ3v) is 7.57. The summed E-state index contributed by atoms with van der Waals surface area (Å²) in [6.45, 7) is 0.142. The van der Waals surface area contributed by atoms with E-state index in [1.54, 1.807) is 10.8 Å². The maximum absolute atomic E-state index is 15.1. The number of pyridine rings is 1. The van der Waals surface area contributed by atoms with Gasteiger partial charge in [-0.15, -0.1) is 0 Å². The Hall–Kier alpha value is -2.40. The van der Waals surface area contributed by atoms with Gasteiger partial charge in [0.1, 0.15) is 29.1 Å². The average molecular weight is 487 g/mol. The highest BCUT2D eigenvalue weighted by atomic mass is 32.2. The van der Waals surface area contributed by atoms with Gasteiger partial charge in [-0.1, -0.05) is 0 Å². The van der Waals surface area contributed by atoms with Crippen molar-refractivity contribution in [3.8, 4) is 11.3 Å². The summed E-state index contributed by atoms with van der Waals surface area (Å²) in [7, 11) is -1.25. The van der Waals surface area contributed by atoms with Crippen LogP contribution in [0.15, 0.2) is 30.5 Å². The Bertz CT molecular complexity index is 1250. The van der Waals surface area contributed by atoms with Crippen LogP contribution in [0.2, 0.25) is 0 Å². The number of nitrogens with one attached hydrogen (secondary N) is 1. The predicted octanol–water partition coefficient (Wildman–Crippen LogP) is 5.59. The van der Waals surface area contributed by atoms with Gasteiger partial charge in [0.25, 0.3) is 0 Å². The lowest BCUT2D eigenvalue weighted by Crippen LogP contribution is -2.27. The van der Waals surface area contributed by atoms with Crippen molar-refractivity contribution < 1.29 is 30.6 Å². The molecule has 2 aliphatic rings. The predicted molar refractivity (Wildman–Crippen MR) is 111 cm³/mol. The molecule has 0 bridgehead atoms. The quantitative estimate of drug-likeness (QED) is 0.461. The van der Waals surface area contributed by atoms with Crippen LogP contribution in [-0.2, 0) is 23.7 Å². The summed E-state index contributed by atoms with van der Waals surface area (Å²) in [6.07, 6.45) is -2.11. The highest BCUT2D eigenvalue weighted by molar-refractivity contribution is 7.83. The number of benzene rings is 1. The molecule has 2 aliphatic carbocycles. The fraction of sp³-hybridized carbons (Fsp3) is 0.409. The molecule has 0 saturated heterocycles. The van der Waals surface area contributed by atoms with Gasteiger partial charge in [-0.3, -0.25) is 0 Å². The SMILES string of the molecule is O=S(NCc1cn(C2CC(F)C2)c2nc(-c3ccc(F)cc3C(F)(F)F)c(F)cc12)C1CC1. The van der Waals surface area contributed by atoms with Crippen molar-refractivity contribution in [2.75, 3.05) is 0 Å². The molecule has 2 fully saturated rings. The minimum atomic E-state index is -4.92. The molecule has 2 saturated carbocycles. The van der Waals surface area contributed by atoms with Crippen LogP contribution in [0, 0.1) is 11.6 Å². The number of fused-ring (bicyclic) bond motifs is 1. The smallest absolute Gasteiger partial charge is 0.329 e. The van der Waals surface area contributed by atoms with Crippen molar-refractivity contribution in [2.45, 2.75) is 55.9 Å². The van der Waals surface area contributed by atoms with Crippen molar-refractivity contribution >= 4 is 22.0 Å². The minimum Gasteiger partial charge on any atom is -0.329 e. The Morgan fingerprint density at radius 3 is 2.52 bits per heavy atom. The first-order chi connectivity index (χ1) is 15.6. The Balaban J connectivity index is 1.62. The minimum absolute atomic E-state index is 0.0815. The summed E-state index contributed by atoms with van der Waals surface area (Å²) in [6, 6.07) is 2.79.